The number of hydrogen-bond donors (Lipinski definition) is 0. The van der Waals surface area contributed by atoms with Crippen molar-refractivity contribution in [3.8, 4) is 11.8 Å². The fourth-order valence-electron chi connectivity index (χ4n) is 3.41. The number of amides is 1. The summed E-state index contributed by atoms with van der Waals surface area (Å²) in [4.78, 5) is 16.9. The van der Waals surface area contributed by atoms with Gasteiger partial charge in [0.05, 0.1) is 25.6 Å². The minimum Gasteiger partial charge on any atom is -0.494 e. The number of fused-ring (bicyclic) bond motifs is 1. The zero-order chi connectivity index (χ0) is 19.1. The van der Waals surface area contributed by atoms with Crippen molar-refractivity contribution in [3.05, 3.63) is 59.7 Å². The van der Waals surface area contributed by atoms with Crippen molar-refractivity contribution in [2.24, 2.45) is 0 Å². The Morgan fingerprint density at radius 2 is 1.93 bits per heavy atom. The molecule has 0 aromatic heterocycles. The molecule has 2 aromatic carbocycles. The summed E-state index contributed by atoms with van der Waals surface area (Å²) in [5.74, 6) is 0.801. The Morgan fingerprint density at radius 3 is 2.63 bits per heavy atom. The average molecular weight is 363 g/mol. The maximum Gasteiger partial charge on any atom is 0.241 e. The van der Waals surface area contributed by atoms with Gasteiger partial charge in [-0.05, 0) is 48.7 Å². The van der Waals surface area contributed by atoms with Crippen LogP contribution >= 0.6 is 0 Å². The molecule has 0 N–H and O–H groups in total. The van der Waals surface area contributed by atoms with Gasteiger partial charge in [0, 0.05) is 25.3 Å². The van der Waals surface area contributed by atoms with Crippen molar-refractivity contribution in [2.45, 2.75) is 26.3 Å². The summed E-state index contributed by atoms with van der Waals surface area (Å²) in [6.07, 6.45) is 1.27. The second-order valence-electron chi connectivity index (χ2n) is 6.61. The number of rotatable bonds is 7. The molecule has 27 heavy (non-hydrogen) atoms. The SMILES string of the molecule is CCOc1ccc(N(CCC#N)C(=O)CN2CCc3ccccc3C2)cc1. The first-order valence-electron chi connectivity index (χ1n) is 9.40. The lowest BCUT2D eigenvalue weighted by atomic mass is 10.00. The van der Waals surface area contributed by atoms with Crippen molar-refractivity contribution in [1.82, 2.24) is 4.90 Å². The van der Waals surface area contributed by atoms with Gasteiger partial charge < -0.3 is 9.64 Å². The van der Waals surface area contributed by atoms with Gasteiger partial charge in [-0.3, -0.25) is 9.69 Å². The molecule has 5 heteroatoms. The van der Waals surface area contributed by atoms with E-state index in [-0.39, 0.29) is 5.91 Å². The van der Waals surface area contributed by atoms with Gasteiger partial charge in [-0.15, -0.1) is 0 Å². The molecule has 0 bridgehead atoms. The molecule has 0 spiro atoms. The highest BCUT2D eigenvalue weighted by atomic mass is 16.5. The number of benzene rings is 2. The summed E-state index contributed by atoms with van der Waals surface area (Å²) < 4.78 is 5.47. The van der Waals surface area contributed by atoms with E-state index in [0.717, 1.165) is 30.9 Å². The minimum absolute atomic E-state index is 0.0220. The molecule has 1 amide bonds. The van der Waals surface area contributed by atoms with Crippen LogP contribution in [0, 0.1) is 11.3 Å². The van der Waals surface area contributed by atoms with Gasteiger partial charge >= 0.3 is 0 Å². The molecule has 0 fully saturated rings. The van der Waals surface area contributed by atoms with Crippen molar-refractivity contribution in [3.63, 3.8) is 0 Å². The quantitative estimate of drug-likeness (QED) is 0.757. The molecule has 0 atom stereocenters. The molecule has 0 unspecified atom stereocenters. The highest BCUT2D eigenvalue weighted by Crippen LogP contribution is 2.22. The maximum absolute atomic E-state index is 13.0. The molecule has 140 valence electrons. The first-order valence-corrected chi connectivity index (χ1v) is 9.40. The summed E-state index contributed by atoms with van der Waals surface area (Å²) >= 11 is 0. The molecule has 1 aliphatic rings. The van der Waals surface area contributed by atoms with E-state index in [4.69, 9.17) is 10.00 Å². The van der Waals surface area contributed by atoms with Gasteiger partial charge in [0.2, 0.25) is 5.91 Å². The Balaban J connectivity index is 1.69. The lowest BCUT2D eigenvalue weighted by Crippen LogP contribution is -2.42. The van der Waals surface area contributed by atoms with E-state index in [2.05, 4.69) is 29.2 Å². The summed E-state index contributed by atoms with van der Waals surface area (Å²) in [6.45, 7) is 4.95. The van der Waals surface area contributed by atoms with Gasteiger partial charge in [-0.2, -0.15) is 5.26 Å². The topological polar surface area (TPSA) is 56.6 Å². The first kappa shape index (κ1) is 18.9. The van der Waals surface area contributed by atoms with E-state index >= 15 is 0 Å². The number of hydrogen-bond acceptors (Lipinski definition) is 4. The van der Waals surface area contributed by atoms with Crippen molar-refractivity contribution < 1.29 is 9.53 Å². The minimum atomic E-state index is 0.0220. The highest BCUT2D eigenvalue weighted by Gasteiger charge is 2.22. The molecular weight excluding hydrogens is 338 g/mol. The van der Waals surface area contributed by atoms with E-state index in [1.165, 1.54) is 11.1 Å². The average Bonchev–Trinajstić information content (AvgIpc) is 2.69. The van der Waals surface area contributed by atoms with Crippen molar-refractivity contribution in [1.29, 1.82) is 5.26 Å². The van der Waals surface area contributed by atoms with Crippen LogP contribution in [-0.4, -0.2) is 37.0 Å². The largest absolute Gasteiger partial charge is 0.494 e. The molecule has 0 saturated heterocycles. The second kappa shape index (κ2) is 9.20. The fraction of sp³-hybridized carbons (Fsp3) is 0.364. The molecule has 5 nitrogen and oxygen atoms in total. The second-order valence-corrected chi connectivity index (χ2v) is 6.61. The Labute approximate surface area is 160 Å². The number of nitrogens with zero attached hydrogens (tertiary/aromatic N) is 3. The Hall–Kier alpha value is -2.84. The Bertz CT molecular complexity index is 811. The van der Waals surface area contributed by atoms with Crippen LogP contribution in [0.4, 0.5) is 5.69 Å². The van der Waals surface area contributed by atoms with Crippen molar-refractivity contribution >= 4 is 11.6 Å². The number of carbonyl (C=O) groups is 1. The lowest BCUT2D eigenvalue weighted by Gasteiger charge is -2.30. The third-order valence-electron chi connectivity index (χ3n) is 4.78. The number of carbonyl (C=O) groups excluding carboxylic acids is 1. The van der Waals surface area contributed by atoms with E-state index in [1.807, 2.05) is 37.3 Å². The summed E-state index contributed by atoms with van der Waals surface area (Å²) in [7, 11) is 0. The van der Waals surface area contributed by atoms with Crippen LogP contribution in [0.15, 0.2) is 48.5 Å². The van der Waals surface area contributed by atoms with Gasteiger partial charge in [0.1, 0.15) is 5.75 Å². The Morgan fingerprint density at radius 1 is 1.19 bits per heavy atom. The van der Waals surface area contributed by atoms with Gasteiger partial charge in [-0.25, -0.2) is 0 Å². The van der Waals surface area contributed by atoms with E-state index in [1.54, 1.807) is 4.90 Å². The third-order valence-corrected chi connectivity index (χ3v) is 4.78. The lowest BCUT2D eigenvalue weighted by molar-refractivity contribution is -0.119. The number of nitriles is 1. The van der Waals surface area contributed by atoms with Crippen LogP contribution in [0.25, 0.3) is 0 Å². The normalized spacial score (nSPS) is 13.5. The molecular formula is C22H25N3O2. The van der Waals surface area contributed by atoms with Gasteiger partial charge in [0.15, 0.2) is 0 Å². The molecule has 0 radical (unpaired) electrons. The summed E-state index contributed by atoms with van der Waals surface area (Å²) in [5, 5.41) is 8.97. The van der Waals surface area contributed by atoms with Gasteiger partial charge in [0.25, 0.3) is 0 Å². The van der Waals surface area contributed by atoms with Crippen LogP contribution in [0.1, 0.15) is 24.5 Å². The zero-order valence-corrected chi connectivity index (χ0v) is 15.7. The molecule has 2 aromatic rings. The van der Waals surface area contributed by atoms with E-state index in [9.17, 15) is 4.79 Å². The van der Waals surface area contributed by atoms with E-state index in [0.29, 0.717) is 26.1 Å². The van der Waals surface area contributed by atoms with Crippen molar-refractivity contribution in [2.75, 3.05) is 31.1 Å². The van der Waals surface area contributed by atoms with Crippen LogP contribution in [0.3, 0.4) is 0 Å². The predicted octanol–water partition coefficient (Wildman–Crippen LogP) is 3.39. The standard InChI is InChI=1S/C22H25N3O2/c1-2-27-21-10-8-20(9-11-21)25(14-5-13-23)22(26)17-24-15-12-18-6-3-4-7-19(18)16-24/h3-4,6-11H,2,5,12,14-17H2,1H3. The van der Waals surface area contributed by atoms with Crippen LogP contribution in [0.2, 0.25) is 0 Å². The molecule has 1 heterocycles. The summed E-state index contributed by atoms with van der Waals surface area (Å²) in [6, 6.07) is 18.0. The van der Waals surface area contributed by atoms with Crippen LogP contribution < -0.4 is 9.64 Å². The third kappa shape index (κ3) is 4.87. The molecule has 1 aliphatic heterocycles. The molecule has 0 aliphatic carbocycles. The zero-order valence-electron chi connectivity index (χ0n) is 15.7. The number of ether oxygens (including phenoxy) is 1. The van der Waals surface area contributed by atoms with Gasteiger partial charge in [-0.1, -0.05) is 24.3 Å². The first-order chi connectivity index (χ1) is 13.2. The fourth-order valence-corrected chi connectivity index (χ4v) is 3.41. The van der Waals surface area contributed by atoms with Crippen LogP contribution in [-0.2, 0) is 17.8 Å². The smallest absolute Gasteiger partial charge is 0.241 e. The van der Waals surface area contributed by atoms with Crippen LogP contribution in [0.5, 0.6) is 5.75 Å². The highest BCUT2D eigenvalue weighted by molar-refractivity contribution is 5.94. The predicted molar refractivity (Wildman–Crippen MR) is 106 cm³/mol. The monoisotopic (exact) mass is 363 g/mol. The molecule has 0 saturated carbocycles. The molecule has 3 rings (SSSR count). The summed E-state index contributed by atoms with van der Waals surface area (Å²) in [5.41, 5.74) is 3.46. The van der Waals surface area contributed by atoms with E-state index < -0.39 is 0 Å². The maximum atomic E-state index is 13.0. The Kier molecular flexibility index (Phi) is 6.45. The number of anilines is 1.